The molecule has 0 bridgehead atoms. The van der Waals surface area contributed by atoms with Crippen LogP contribution in [0.4, 0.5) is 5.95 Å². The van der Waals surface area contributed by atoms with E-state index in [-0.39, 0.29) is 5.95 Å². The van der Waals surface area contributed by atoms with Crippen molar-refractivity contribution in [3.8, 4) is 17.1 Å². The summed E-state index contributed by atoms with van der Waals surface area (Å²) in [4.78, 5) is 29.0. The molecule has 11 heteroatoms. The minimum atomic E-state index is -3.53. The maximum atomic E-state index is 12.3. The van der Waals surface area contributed by atoms with E-state index >= 15 is 0 Å². The number of aromatic nitrogens is 4. The lowest BCUT2D eigenvalue weighted by atomic mass is 9.93. The molecule has 1 atom stereocenters. The monoisotopic (exact) mass is 454 g/mol. The van der Waals surface area contributed by atoms with Crippen LogP contribution in [0.2, 0.25) is 0 Å². The number of hydrogen-bond donors (Lipinski definition) is 2. The Hall–Kier alpha value is -3.60. The molecule has 3 N–H and O–H groups in total. The molecular weight excluding hydrogens is 432 g/mol. The predicted octanol–water partition coefficient (Wildman–Crippen LogP) is 1.85. The Bertz CT molecular complexity index is 1230. The van der Waals surface area contributed by atoms with Gasteiger partial charge in [-0.15, -0.1) is 0 Å². The van der Waals surface area contributed by atoms with E-state index in [1.807, 2.05) is 6.92 Å². The van der Waals surface area contributed by atoms with Crippen molar-refractivity contribution in [1.82, 2.24) is 19.9 Å². The molecule has 166 valence electrons. The van der Waals surface area contributed by atoms with E-state index in [0.29, 0.717) is 42.3 Å². The highest BCUT2D eigenvalue weighted by atomic mass is 32.2. The Morgan fingerprint density at radius 1 is 1.19 bits per heavy atom. The Morgan fingerprint density at radius 3 is 2.59 bits per heavy atom. The van der Waals surface area contributed by atoms with Crippen LogP contribution in [0.15, 0.2) is 48.9 Å². The highest BCUT2D eigenvalue weighted by Crippen LogP contribution is 2.30. The second-order valence-electron chi connectivity index (χ2n) is 7.28. The molecule has 1 saturated carbocycles. The van der Waals surface area contributed by atoms with Crippen molar-refractivity contribution in [3.05, 3.63) is 60.2 Å². The van der Waals surface area contributed by atoms with Crippen LogP contribution < -0.4 is 15.2 Å². The average molecular weight is 455 g/mol. The number of carbonyl (C=O) groups is 1. The van der Waals surface area contributed by atoms with Crippen LogP contribution in [0.1, 0.15) is 36.9 Å². The van der Waals surface area contributed by atoms with Gasteiger partial charge in [0.2, 0.25) is 27.8 Å². The molecular formula is C21H22N6O4S. The third kappa shape index (κ3) is 4.83. The number of nitrogens with zero attached hydrogens (tertiary/aromatic N) is 4. The smallest absolute Gasteiger partial charge is 0.237 e. The van der Waals surface area contributed by atoms with Gasteiger partial charge in [0.25, 0.3) is 0 Å². The summed E-state index contributed by atoms with van der Waals surface area (Å²) in [6.45, 7) is 2.34. The molecule has 1 aromatic carbocycles. The first kappa shape index (κ1) is 21.6. The summed E-state index contributed by atoms with van der Waals surface area (Å²) in [5.41, 5.74) is 7.97. The van der Waals surface area contributed by atoms with E-state index in [2.05, 4.69) is 24.7 Å². The van der Waals surface area contributed by atoms with Crippen molar-refractivity contribution in [3.63, 3.8) is 0 Å². The zero-order valence-electron chi connectivity index (χ0n) is 17.3. The Balaban J connectivity index is 1.60. The van der Waals surface area contributed by atoms with E-state index in [9.17, 15) is 13.2 Å². The highest BCUT2D eigenvalue weighted by molar-refractivity contribution is 7.93. The van der Waals surface area contributed by atoms with Crippen molar-refractivity contribution in [2.24, 2.45) is 5.73 Å². The molecule has 2 aromatic heterocycles. The maximum absolute atomic E-state index is 12.3. The molecule has 0 saturated heterocycles. The molecule has 1 amide bonds. The Labute approximate surface area is 185 Å². The van der Waals surface area contributed by atoms with E-state index in [0.717, 1.165) is 5.56 Å². The number of primary amides is 1. The standard InChI is InChI=1S/C21H22N6O4S/c1-2-31-18-12-23-11-17(25-18)13-3-5-14(6-4-13)19(20(22)28)16-9-10-24-21(26-16)27-32(29,30)15-7-8-15/h3-6,9-12,15,19H,2,7-8H2,1H3,(H2,22,28)(H,24,26,27). The highest BCUT2D eigenvalue weighted by Gasteiger charge is 2.36. The zero-order valence-corrected chi connectivity index (χ0v) is 18.1. The van der Waals surface area contributed by atoms with Crippen molar-refractivity contribution < 1.29 is 17.9 Å². The second-order valence-corrected chi connectivity index (χ2v) is 9.25. The molecule has 1 unspecified atom stereocenters. The van der Waals surface area contributed by atoms with Crippen LogP contribution in [0.25, 0.3) is 11.3 Å². The molecule has 1 aliphatic carbocycles. The van der Waals surface area contributed by atoms with E-state index in [1.165, 1.54) is 18.5 Å². The quantitative estimate of drug-likeness (QED) is 0.497. The molecule has 0 spiro atoms. The van der Waals surface area contributed by atoms with Crippen LogP contribution in [0.3, 0.4) is 0 Å². The van der Waals surface area contributed by atoms with Crippen LogP contribution >= 0.6 is 0 Å². The molecule has 4 rings (SSSR count). The van der Waals surface area contributed by atoms with Gasteiger partial charge in [0, 0.05) is 11.8 Å². The van der Waals surface area contributed by atoms with E-state index in [4.69, 9.17) is 10.5 Å². The van der Waals surface area contributed by atoms with Crippen molar-refractivity contribution in [1.29, 1.82) is 0 Å². The molecule has 1 aliphatic rings. The fourth-order valence-electron chi connectivity index (χ4n) is 3.20. The summed E-state index contributed by atoms with van der Waals surface area (Å²) in [5, 5.41) is -0.418. The van der Waals surface area contributed by atoms with Gasteiger partial charge in [-0.2, -0.15) is 0 Å². The van der Waals surface area contributed by atoms with Gasteiger partial charge in [0.05, 0.1) is 35.6 Å². The lowest BCUT2D eigenvalue weighted by molar-refractivity contribution is -0.118. The molecule has 10 nitrogen and oxygen atoms in total. The third-order valence-corrected chi connectivity index (χ3v) is 6.71. The van der Waals surface area contributed by atoms with Gasteiger partial charge < -0.3 is 10.5 Å². The zero-order chi connectivity index (χ0) is 22.7. The molecule has 32 heavy (non-hydrogen) atoms. The van der Waals surface area contributed by atoms with Crippen molar-refractivity contribution in [2.45, 2.75) is 30.9 Å². The number of hydrogen-bond acceptors (Lipinski definition) is 8. The van der Waals surface area contributed by atoms with Gasteiger partial charge in [-0.05, 0) is 31.4 Å². The number of sulfonamides is 1. The average Bonchev–Trinajstić information content (AvgIpc) is 3.61. The lowest BCUT2D eigenvalue weighted by Crippen LogP contribution is -2.24. The van der Waals surface area contributed by atoms with E-state index < -0.39 is 27.1 Å². The summed E-state index contributed by atoms with van der Waals surface area (Å²) < 4.78 is 32.1. The molecule has 2 heterocycles. The molecule has 3 aromatic rings. The SMILES string of the molecule is CCOc1cncc(-c2ccc(C(C(N)=O)c3ccnc(NS(=O)(=O)C4CC4)n3)cc2)n1. The van der Waals surface area contributed by atoms with Crippen molar-refractivity contribution in [2.75, 3.05) is 11.3 Å². The summed E-state index contributed by atoms with van der Waals surface area (Å²) in [6, 6.07) is 8.62. The normalized spacial score (nSPS) is 14.5. The number of amides is 1. The lowest BCUT2D eigenvalue weighted by Gasteiger charge is -2.15. The fraction of sp³-hybridized carbons (Fsp3) is 0.286. The number of benzene rings is 1. The second kappa shape index (κ2) is 8.87. The van der Waals surface area contributed by atoms with Gasteiger partial charge in [0.1, 0.15) is 5.92 Å². The van der Waals surface area contributed by atoms with Gasteiger partial charge in [-0.3, -0.25) is 14.5 Å². The van der Waals surface area contributed by atoms with Gasteiger partial charge in [0.15, 0.2) is 0 Å². The number of ether oxygens (including phenoxy) is 1. The predicted molar refractivity (Wildman–Crippen MR) is 117 cm³/mol. The summed E-state index contributed by atoms with van der Waals surface area (Å²) in [6.07, 6.45) is 5.78. The number of anilines is 1. The number of rotatable bonds is 9. The minimum Gasteiger partial charge on any atom is -0.477 e. The van der Waals surface area contributed by atoms with Crippen LogP contribution in [-0.2, 0) is 14.8 Å². The first-order valence-electron chi connectivity index (χ1n) is 10.1. The minimum absolute atomic E-state index is 0.0831. The van der Waals surface area contributed by atoms with Crippen molar-refractivity contribution >= 4 is 21.9 Å². The topological polar surface area (TPSA) is 150 Å². The first-order chi connectivity index (χ1) is 15.4. The summed E-state index contributed by atoms with van der Waals surface area (Å²) >= 11 is 0. The number of nitrogens with two attached hydrogens (primary N) is 1. The maximum Gasteiger partial charge on any atom is 0.237 e. The Kier molecular flexibility index (Phi) is 5.99. The number of carbonyl (C=O) groups excluding carboxylic acids is 1. The van der Waals surface area contributed by atoms with Crippen LogP contribution in [-0.4, -0.2) is 46.1 Å². The van der Waals surface area contributed by atoms with Gasteiger partial charge in [-0.1, -0.05) is 24.3 Å². The van der Waals surface area contributed by atoms with Crippen LogP contribution in [0, 0.1) is 0 Å². The first-order valence-corrected chi connectivity index (χ1v) is 11.6. The fourth-order valence-corrected chi connectivity index (χ4v) is 4.48. The Morgan fingerprint density at radius 2 is 1.94 bits per heavy atom. The summed E-state index contributed by atoms with van der Waals surface area (Å²) in [5.74, 6) is -1.16. The molecule has 0 radical (unpaired) electrons. The summed E-state index contributed by atoms with van der Waals surface area (Å²) in [7, 11) is -3.53. The van der Waals surface area contributed by atoms with Crippen LogP contribution in [0.5, 0.6) is 5.88 Å². The van der Waals surface area contributed by atoms with Gasteiger partial charge >= 0.3 is 0 Å². The van der Waals surface area contributed by atoms with E-state index in [1.54, 1.807) is 30.5 Å². The molecule has 0 aliphatic heterocycles. The largest absolute Gasteiger partial charge is 0.477 e. The number of nitrogens with one attached hydrogen (secondary N) is 1. The third-order valence-electron chi connectivity index (χ3n) is 4.90. The molecule has 1 fully saturated rings. The van der Waals surface area contributed by atoms with Gasteiger partial charge in [-0.25, -0.2) is 23.4 Å².